The summed E-state index contributed by atoms with van der Waals surface area (Å²) >= 11 is 1.86. The molecular weight excluding hydrogens is 587 g/mol. The topological polar surface area (TPSA) is 3.24 Å². The predicted octanol–water partition coefficient (Wildman–Crippen LogP) is 13.2. The zero-order valence-corrected chi connectivity index (χ0v) is 27.3. The lowest BCUT2D eigenvalue weighted by Crippen LogP contribution is -2.15. The Labute approximate surface area is 280 Å². The first-order chi connectivity index (χ1) is 23.0. The predicted molar refractivity (Wildman–Crippen MR) is 202 cm³/mol. The third kappa shape index (κ3) is 4.60. The maximum absolute atomic E-state index is 2.42. The standard InChI is InChI=1S/C45H33NS/c1-45(2)41-17-8-6-15-37(41)39-28-35(23-25-42(39)45)46(36-24-26-44-40(29-36)38-16-7-9-18-43(38)47-44)34-21-19-31(20-22-34)33-14-10-13-32(27-33)30-11-4-3-5-12-30/h3-29H,1-2H3. The van der Waals surface area contributed by atoms with E-state index in [1.807, 2.05) is 11.3 Å². The van der Waals surface area contributed by atoms with Gasteiger partial charge in [0.15, 0.2) is 0 Å². The molecule has 8 aromatic rings. The Morgan fingerprint density at radius 1 is 0.404 bits per heavy atom. The normalized spacial score (nSPS) is 13.1. The minimum absolute atomic E-state index is 0.0281. The van der Waals surface area contributed by atoms with Crippen molar-refractivity contribution in [2.75, 3.05) is 4.90 Å². The maximum Gasteiger partial charge on any atom is 0.0468 e. The number of anilines is 3. The summed E-state index contributed by atoms with van der Waals surface area (Å²) in [7, 11) is 0. The van der Waals surface area contributed by atoms with E-state index in [-0.39, 0.29) is 5.41 Å². The lowest BCUT2D eigenvalue weighted by molar-refractivity contribution is 0.660. The van der Waals surface area contributed by atoms with Gasteiger partial charge in [-0.15, -0.1) is 11.3 Å². The van der Waals surface area contributed by atoms with E-state index in [2.05, 4.69) is 183 Å². The molecule has 0 radical (unpaired) electrons. The van der Waals surface area contributed by atoms with Gasteiger partial charge < -0.3 is 4.90 Å². The zero-order chi connectivity index (χ0) is 31.5. The van der Waals surface area contributed by atoms with Crippen LogP contribution >= 0.6 is 11.3 Å². The lowest BCUT2D eigenvalue weighted by Gasteiger charge is -2.27. The van der Waals surface area contributed by atoms with Crippen LogP contribution in [0.25, 0.3) is 53.6 Å². The fourth-order valence-corrected chi connectivity index (χ4v) is 8.55. The van der Waals surface area contributed by atoms with Crippen molar-refractivity contribution in [1.82, 2.24) is 0 Å². The van der Waals surface area contributed by atoms with Gasteiger partial charge in [0.25, 0.3) is 0 Å². The summed E-state index contributed by atoms with van der Waals surface area (Å²) in [6, 6.07) is 60.1. The van der Waals surface area contributed by atoms with Gasteiger partial charge in [-0.25, -0.2) is 0 Å². The Balaban J connectivity index is 1.18. The molecule has 0 N–H and O–H groups in total. The fraction of sp³-hybridized carbons (Fsp3) is 0.0667. The van der Waals surface area contributed by atoms with Gasteiger partial charge in [-0.3, -0.25) is 0 Å². The van der Waals surface area contributed by atoms with E-state index in [9.17, 15) is 0 Å². The molecule has 1 nitrogen and oxygen atoms in total. The zero-order valence-electron chi connectivity index (χ0n) is 26.4. The Morgan fingerprint density at radius 3 is 1.83 bits per heavy atom. The average Bonchev–Trinajstić information content (AvgIpc) is 3.61. The summed E-state index contributed by atoms with van der Waals surface area (Å²) in [5.74, 6) is 0. The highest BCUT2D eigenvalue weighted by atomic mass is 32.1. The molecule has 0 saturated carbocycles. The van der Waals surface area contributed by atoms with Crippen molar-refractivity contribution in [1.29, 1.82) is 0 Å². The number of benzene rings is 7. The SMILES string of the molecule is CC1(C)c2ccccc2-c2cc(N(c3ccc(-c4cccc(-c5ccccc5)c4)cc3)c3ccc4sc5ccccc5c4c3)ccc21. The Kier molecular flexibility index (Phi) is 6.41. The van der Waals surface area contributed by atoms with Crippen LogP contribution in [0.2, 0.25) is 0 Å². The number of hydrogen-bond donors (Lipinski definition) is 0. The quantitative estimate of drug-likeness (QED) is 0.185. The number of nitrogens with zero attached hydrogens (tertiary/aromatic N) is 1. The first kappa shape index (κ1) is 27.8. The number of thiophene rings is 1. The van der Waals surface area contributed by atoms with Crippen molar-refractivity contribution in [3.8, 4) is 33.4 Å². The van der Waals surface area contributed by atoms with Crippen LogP contribution in [0.5, 0.6) is 0 Å². The monoisotopic (exact) mass is 619 g/mol. The smallest absolute Gasteiger partial charge is 0.0468 e. The molecular formula is C45H33NS. The highest BCUT2D eigenvalue weighted by Gasteiger charge is 2.35. The fourth-order valence-electron chi connectivity index (χ4n) is 7.46. The molecule has 0 fully saturated rings. The minimum atomic E-state index is -0.0281. The molecule has 0 amide bonds. The summed E-state index contributed by atoms with van der Waals surface area (Å²) in [6.07, 6.45) is 0. The number of rotatable bonds is 5. The van der Waals surface area contributed by atoms with Gasteiger partial charge in [0.2, 0.25) is 0 Å². The van der Waals surface area contributed by atoms with Gasteiger partial charge in [-0.1, -0.05) is 123 Å². The molecule has 0 aliphatic heterocycles. The molecule has 0 bridgehead atoms. The van der Waals surface area contributed by atoms with Crippen molar-refractivity contribution in [3.05, 3.63) is 175 Å². The molecule has 1 aromatic heterocycles. The van der Waals surface area contributed by atoms with Gasteiger partial charge in [0, 0.05) is 42.6 Å². The van der Waals surface area contributed by atoms with Crippen molar-refractivity contribution < 1.29 is 0 Å². The molecule has 0 atom stereocenters. The van der Waals surface area contributed by atoms with Crippen LogP contribution in [0, 0.1) is 0 Å². The highest BCUT2D eigenvalue weighted by Crippen LogP contribution is 2.51. The van der Waals surface area contributed by atoms with Crippen LogP contribution in [0.1, 0.15) is 25.0 Å². The van der Waals surface area contributed by atoms with Gasteiger partial charge >= 0.3 is 0 Å². The van der Waals surface area contributed by atoms with E-state index in [0.717, 1.165) is 17.1 Å². The van der Waals surface area contributed by atoms with Crippen LogP contribution in [0.3, 0.4) is 0 Å². The number of hydrogen-bond acceptors (Lipinski definition) is 2. The molecule has 9 rings (SSSR count). The summed E-state index contributed by atoms with van der Waals surface area (Å²) in [5, 5.41) is 2.61. The van der Waals surface area contributed by atoms with Crippen molar-refractivity contribution in [2.45, 2.75) is 19.3 Å². The van der Waals surface area contributed by atoms with E-state index in [4.69, 9.17) is 0 Å². The van der Waals surface area contributed by atoms with Crippen molar-refractivity contribution >= 4 is 48.6 Å². The highest BCUT2D eigenvalue weighted by molar-refractivity contribution is 7.25. The molecule has 7 aromatic carbocycles. The molecule has 2 heteroatoms. The third-order valence-corrected chi connectivity index (χ3v) is 11.0. The summed E-state index contributed by atoms with van der Waals surface area (Å²) < 4.78 is 2.64. The molecule has 1 heterocycles. The molecule has 0 saturated heterocycles. The van der Waals surface area contributed by atoms with Crippen LogP contribution in [0.4, 0.5) is 17.1 Å². The first-order valence-corrected chi connectivity index (χ1v) is 17.1. The van der Waals surface area contributed by atoms with Crippen LogP contribution in [-0.2, 0) is 5.41 Å². The van der Waals surface area contributed by atoms with Crippen molar-refractivity contribution in [3.63, 3.8) is 0 Å². The van der Waals surface area contributed by atoms with E-state index in [1.165, 1.54) is 64.7 Å². The second kappa shape index (κ2) is 10.8. The van der Waals surface area contributed by atoms with E-state index >= 15 is 0 Å². The summed E-state index contributed by atoms with van der Waals surface area (Å²) in [5.41, 5.74) is 13.7. The largest absolute Gasteiger partial charge is 0.310 e. The Bertz CT molecular complexity index is 2430. The van der Waals surface area contributed by atoms with E-state index < -0.39 is 0 Å². The van der Waals surface area contributed by atoms with Gasteiger partial charge in [-0.05, 0) is 99.1 Å². The average molecular weight is 620 g/mol. The van der Waals surface area contributed by atoms with Crippen LogP contribution < -0.4 is 4.90 Å². The minimum Gasteiger partial charge on any atom is -0.310 e. The summed E-state index contributed by atoms with van der Waals surface area (Å²) in [4.78, 5) is 2.42. The second-order valence-corrected chi connectivity index (χ2v) is 14.1. The molecule has 1 aliphatic rings. The van der Waals surface area contributed by atoms with Gasteiger partial charge in [-0.2, -0.15) is 0 Å². The molecule has 0 unspecified atom stereocenters. The number of fused-ring (bicyclic) bond motifs is 6. The second-order valence-electron chi connectivity index (χ2n) is 13.0. The summed E-state index contributed by atoms with van der Waals surface area (Å²) in [6.45, 7) is 4.69. The third-order valence-electron chi connectivity index (χ3n) is 9.87. The van der Waals surface area contributed by atoms with E-state index in [0.29, 0.717) is 0 Å². The van der Waals surface area contributed by atoms with Crippen LogP contribution in [-0.4, -0.2) is 0 Å². The lowest BCUT2D eigenvalue weighted by atomic mass is 9.82. The Morgan fingerprint density at radius 2 is 1.00 bits per heavy atom. The molecule has 1 aliphatic carbocycles. The first-order valence-electron chi connectivity index (χ1n) is 16.3. The Hall–Kier alpha value is -5.44. The molecule has 224 valence electrons. The maximum atomic E-state index is 2.42. The van der Waals surface area contributed by atoms with Gasteiger partial charge in [0.1, 0.15) is 0 Å². The van der Waals surface area contributed by atoms with Gasteiger partial charge in [0.05, 0.1) is 0 Å². The van der Waals surface area contributed by atoms with E-state index in [1.54, 1.807) is 0 Å². The van der Waals surface area contributed by atoms with Crippen LogP contribution in [0.15, 0.2) is 164 Å². The molecule has 47 heavy (non-hydrogen) atoms. The van der Waals surface area contributed by atoms with Crippen molar-refractivity contribution in [2.24, 2.45) is 0 Å². The molecule has 0 spiro atoms.